The first kappa shape index (κ1) is 20.4. The molecule has 0 aromatic heterocycles. The number of hydrogen-bond donors (Lipinski definition) is 2. The Morgan fingerprint density at radius 2 is 1.93 bits per heavy atom. The minimum atomic E-state index is -3.59. The van der Waals surface area contributed by atoms with E-state index in [2.05, 4.69) is 27.1 Å². The van der Waals surface area contributed by atoms with Gasteiger partial charge in [-0.3, -0.25) is 4.79 Å². The molecule has 0 saturated carbocycles. The van der Waals surface area contributed by atoms with Gasteiger partial charge in [0, 0.05) is 37.8 Å². The van der Waals surface area contributed by atoms with E-state index in [4.69, 9.17) is 0 Å². The van der Waals surface area contributed by atoms with E-state index in [0.717, 1.165) is 24.9 Å². The number of aryl methyl sites for hydroxylation is 1. The Kier molecular flexibility index (Phi) is 6.70. The zero-order chi connectivity index (χ0) is 20.0. The molecule has 1 unspecified atom stereocenters. The first-order valence-corrected chi connectivity index (χ1v) is 11.1. The van der Waals surface area contributed by atoms with E-state index in [1.165, 1.54) is 5.69 Å². The minimum Gasteiger partial charge on any atom is -0.367 e. The summed E-state index contributed by atoms with van der Waals surface area (Å²) in [4.78, 5) is 14.7. The second kappa shape index (κ2) is 9.21. The van der Waals surface area contributed by atoms with Crippen molar-refractivity contribution in [2.75, 3.05) is 24.5 Å². The van der Waals surface area contributed by atoms with Crippen molar-refractivity contribution < 1.29 is 13.2 Å². The second-order valence-corrected chi connectivity index (χ2v) is 8.86. The van der Waals surface area contributed by atoms with Gasteiger partial charge < -0.3 is 10.2 Å². The summed E-state index contributed by atoms with van der Waals surface area (Å²) in [5.74, 6) is -0.146. The molecular formula is C21H27N3O3S. The summed E-state index contributed by atoms with van der Waals surface area (Å²) in [5.41, 5.74) is 2.05. The summed E-state index contributed by atoms with van der Waals surface area (Å²) in [6.45, 7) is 3.47. The fraction of sp³-hybridized carbons (Fsp3) is 0.381. The van der Waals surface area contributed by atoms with Crippen LogP contribution in [0.15, 0.2) is 59.5 Å². The Morgan fingerprint density at radius 1 is 1.14 bits per heavy atom. The van der Waals surface area contributed by atoms with Gasteiger partial charge in [-0.2, -0.15) is 0 Å². The Balaban J connectivity index is 1.45. The topological polar surface area (TPSA) is 78.5 Å². The summed E-state index contributed by atoms with van der Waals surface area (Å²) in [6.07, 6.45) is 2.25. The summed E-state index contributed by atoms with van der Waals surface area (Å²) in [7, 11) is -3.59. The molecule has 1 amide bonds. The summed E-state index contributed by atoms with van der Waals surface area (Å²) >= 11 is 0. The van der Waals surface area contributed by atoms with Crippen molar-refractivity contribution in [2.45, 2.75) is 37.1 Å². The highest BCUT2D eigenvalue weighted by atomic mass is 32.2. The number of rotatable bonds is 8. The molecule has 0 spiro atoms. The maximum atomic E-state index is 12.3. The SMILES string of the molecule is Cc1cccc(S(=O)(=O)NCCC(=O)NCC2CCCN2c2ccccc2)c1. The molecule has 2 N–H and O–H groups in total. The van der Waals surface area contributed by atoms with Crippen molar-refractivity contribution in [2.24, 2.45) is 0 Å². The number of carbonyl (C=O) groups excluding carboxylic acids is 1. The Labute approximate surface area is 167 Å². The summed E-state index contributed by atoms with van der Waals surface area (Å²) in [6, 6.07) is 17.2. The lowest BCUT2D eigenvalue weighted by molar-refractivity contribution is -0.120. The number of sulfonamides is 1. The van der Waals surface area contributed by atoms with Gasteiger partial charge in [-0.25, -0.2) is 13.1 Å². The summed E-state index contributed by atoms with van der Waals surface area (Å²) < 4.78 is 27.1. The molecule has 7 heteroatoms. The van der Waals surface area contributed by atoms with Crippen LogP contribution in [0.2, 0.25) is 0 Å². The van der Waals surface area contributed by atoms with Crippen LogP contribution in [0.4, 0.5) is 5.69 Å². The third-order valence-electron chi connectivity index (χ3n) is 4.94. The van der Waals surface area contributed by atoms with Gasteiger partial charge in [0.2, 0.25) is 15.9 Å². The first-order valence-electron chi connectivity index (χ1n) is 9.60. The van der Waals surface area contributed by atoms with E-state index in [9.17, 15) is 13.2 Å². The molecule has 1 saturated heterocycles. The number of para-hydroxylation sites is 1. The quantitative estimate of drug-likeness (QED) is 0.712. The largest absolute Gasteiger partial charge is 0.367 e. The van der Waals surface area contributed by atoms with E-state index in [0.29, 0.717) is 6.54 Å². The molecule has 150 valence electrons. The number of hydrogen-bond acceptors (Lipinski definition) is 4. The predicted molar refractivity (Wildman–Crippen MR) is 111 cm³/mol. The normalized spacial score (nSPS) is 16.9. The zero-order valence-corrected chi connectivity index (χ0v) is 16.9. The van der Waals surface area contributed by atoms with Crippen LogP contribution < -0.4 is 14.9 Å². The van der Waals surface area contributed by atoms with E-state index >= 15 is 0 Å². The molecule has 0 radical (unpaired) electrons. The van der Waals surface area contributed by atoms with Crippen LogP contribution in [0.3, 0.4) is 0 Å². The molecule has 2 aromatic rings. The number of carbonyl (C=O) groups is 1. The zero-order valence-electron chi connectivity index (χ0n) is 16.1. The smallest absolute Gasteiger partial charge is 0.240 e. The van der Waals surface area contributed by atoms with Gasteiger partial charge in [0.05, 0.1) is 4.90 Å². The minimum absolute atomic E-state index is 0.0785. The van der Waals surface area contributed by atoms with Gasteiger partial charge in [-0.15, -0.1) is 0 Å². The highest BCUT2D eigenvalue weighted by molar-refractivity contribution is 7.89. The Hall–Kier alpha value is -2.38. The fourth-order valence-corrected chi connectivity index (χ4v) is 4.63. The third-order valence-corrected chi connectivity index (χ3v) is 6.40. The van der Waals surface area contributed by atoms with Gasteiger partial charge in [0.1, 0.15) is 0 Å². The van der Waals surface area contributed by atoms with Crippen molar-refractivity contribution in [1.29, 1.82) is 0 Å². The maximum absolute atomic E-state index is 12.3. The van der Waals surface area contributed by atoms with E-state index in [1.54, 1.807) is 18.2 Å². The highest BCUT2D eigenvalue weighted by Crippen LogP contribution is 2.24. The number of nitrogens with one attached hydrogen (secondary N) is 2. The molecule has 28 heavy (non-hydrogen) atoms. The molecule has 1 aliphatic rings. The number of amides is 1. The van der Waals surface area contributed by atoms with Crippen molar-refractivity contribution >= 4 is 21.6 Å². The molecule has 1 aliphatic heterocycles. The maximum Gasteiger partial charge on any atom is 0.240 e. The first-order chi connectivity index (χ1) is 13.5. The van der Waals surface area contributed by atoms with Crippen LogP contribution in [-0.2, 0) is 14.8 Å². The van der Waals surface area contributed by atoms with E-state index in [1.807, 2.05) is 31.2 Å². The second-order valence-electron chi connectivity index (χ2n) is 7.09. The monoisotopic (exact) mass is 401 g/mol. The lowest BCUT2D eigenvalue weighted by Gasteiger charge is -2.27. The number of nitrogens with zero attached hydrogens (tertiary/aromatic N) is 1. The van der Waals surface area contributed by atoms with Gasteiger partial charge in [-0.05, 0) is 49.6 Å². The molecule has 2 aromatic carbocycles. The van der Waals surface area contributed by atoms with Crippen LogP contribution in [-0.4, -0.2) is 40.0 Å². The Bertz CT molecular complexity index is 900. The molecule has 0 bridgehead atoms. The molecule has 0 aliphatic carbocycles. The molecule has 1 heterocycles. The molecular weight excluding hydrogens is 374 g/mol. The average Bonchev–Trinajstić information content (AvgIpc) is 3.15. The van der Waals surface area contributed by atoms with Crippen molar-refractivity contribution in [3.05, 3.63) is 60.2 Å². The van der Waals surface area contributed by atoms with Crippen LogP contribution >= 0.6 is 0 Å². The third kappa shape index (κ3) is 5.33. The van der Waals surface area contributed by atoms with E-state index in [-0.39, 0.29) is 29.8 Å². The predicted octanol–water partition coefficient (Wildman–Crippen LogP) is 2.45. The van der Waals surface area contributed by atoms with Crippen molar-refractivity contribution in [1.82, 2.24) is 10.0 Å². The average molecular weight is 402 g/mol. The molecule has 3 rings (SSSR count). The van der Waals surface area contributed by atoms with Gasteiger partial charge in [0.15, 0.2) is 0 Å². The van der Waals surface area contributed by atoms with Crippen LogP contribution in [0.1, 0.15) is 24.8 Å². The van der Waals surface area contributed by atoms with Gasteiger partial charge in [0.25, 0.3) is 0 Å². The van der Waals surface area contributed by atoms with Crippen LogP contribution in [0.25, 0.3) is 0 Å². The van der Waals surface area contributed by atoms with Crippen molar-refractivity contribution in [3.8, 4) is 0 Å². The van der Waals surface area contributed by atoms with Crippen molar-refractivity contribution in [3.63, 3.8) is 0 Å². The molecule has 1 fully saturated rings. The summed E-state index contributed by atoms with van der Waals surface area (Å²) in [5, 5.41) is 2.94. The number of benzene rings is 2. The van der Waals surface area contributed by atoms with Crippen LogP contribution in [0.5, 0.6) is 0 Å². The molecule has 6 nitrogen and oxygen atoms in total. The lowest BCUT2D eigenvalue weighted by atomic mass is 10.2. The van der Waals surface area contributed by atoms with Crippen LogP contribution in [0, 0.1) is 6.92 Å². The van der Waals surface area contributed by atoms with Gasteiger partial charge >= 0.3 is 0 Å². The van der Waals surface area contributed by atoms with E-state index < -0.39 is 10.0 Å². The molecule has 1 atom stereocenters. The van der Waals surface area contributed by atoms with Gasteiger partial charge in [-0.1, -0.05) is 30.3 Å². The highest BCUT2D eigenvalue weighted by Gasteiger charge is 2.25. The lowest BCUT2D eigenvalue weighted by Crippen LogP contribution is -2.41. The standard InChI is InChI=1S/C21H27N3O3S/c1-17-7-5-11-20(15-17)28(26,27)23-13-12-21(25)22-16-19-10-6-14-24(19)18-8-3-2-4-9-18/h2-5,7-9,11,15,19,23H,6,10,12-14,16H2,1H3,(H,22,25). The Morgan fingerprint density at radius 3 is 2.68 bits per heavy atom. The fourth-order valence-electron chi connectivity index (χ4n) is 3.49. The number of anilines is 1.